The Morgan fingerprint density at radius 2 is 1.64 bits per heavy atom. The van der Waals surface area contributed by atoms with Crippen LogP contribution in [0.5, 0.6) is 0 Å². The van der Waals surface area contributed by atoms with E-state index in [0.717, 1.165) is 43.5 Å². The smallest absolute Gasteiger partial charge is 0.278 e. The van der Waals surface area contributed by atoms with E-state index in [-0.39, 0.29) is 17.5 Å². The summed E-state index contributed by atoms with van der Waals surface area (Å²) < 4.78 is 1.10. The lowest BCUT2D eigenvalue weighted by Crippen LogP contribution is -2.34. The van der Waals surface area contributed by atoms with E-state index in [1.54, 1.807) is 0 Å². The number of hydrogen-bond donors (Lipinski definition) is 1. The Kier molecular flexibility index (Phi) is 7.14. The molecule has 3 aromatic rings. The number of carbonyl (C=O) groups is 2. The third-order valence-corrected chi connectivity index (χ3v) is 6.81. The van der Waals surface area contributed by atoms with Gasteiger partial charge in [-0.25, -0.2) is 9.97 Å². The van der Waals surface area contributed by atoms with Crippen LogP contribution in [0.1, 0.15) is 22.5 Å². The lowest BCUT2D eigenvalue weighted by molar-refractivity contribution is -0.137. The van der Waals surface area contributed by atoms with Crippen molar-refractivity contribution < 1.29 is 9.59 Å². The summed E-state index contributed by atoms with van der Waals surface area (Å²) in [6.07, 6.45) is 0.589. The summed E-state index contributed by atoms with van der Waals surface area (Å²) in [5.74, 6) is -0.657. The summed E-state index contributed by atoms with van der Waals surface area (Å²) in [4.78, 5) is 37.3. The fourth-order valence-electron chi connectivity index (χ4n) is 3.58. The van der Waals surface area contributed by atoms with Crippen LogP contribution in [-0.2, 0) is 16.0 Å². The quantitative estimate of drug-likeness (QED) is 0.244. The molecule has 0 fully saturated rings. The number of carbonyl (C=O) groups excluding carboxylic acids is 2. The first-order valence-electron chi connectivity index (χ1n) is 10.5. The minimum Gasteiger partial charge on any atom is -0.350 e. The first-order chi connectivity index (χ1) is 15.8. The van der Waals surface area contributed by atoms with Gasteiger partial charge >= 0.3 is 0 Å². The third-order valence-electron chi connectivity index (χ3n) is 5.20. The first-order valence-corrected chi connectivity index (χ1v) is 12.4. The molecule has 2 heterocycles. The van der Waals surface area contributed by atoms with Crippen LogP contribution < -0.4 is 5.32 Å². The zero-order chi connectivity index (χ0) is 23.5. The summed E-state index contributed by atoms with van der Waals surface area (Å²) in [6.45, 7) is 6.04. The summed E-state index contributed by atoms with van der Waals surface area (Å²) in [5.41, 5.74) is 4.74. The van der Waals surface area contributed by atoms with Gasteiger partial charge in [-0.2, -0.15) is 0 Å². The highest BCUT2D eigenvalue weighted by Gasteiger charge is 2.39. The number of imide groups is 1. The van der Waals surface area contributed by atoms with Gasteiger partial charge in [0.2, 0.25) is 0 Å². The van der Waals surface area contributed by atoms with E-state index in [4.69, 9.17) is 0 Å². The van der Waals surface area contributed by atoms with Gasteiger partial charge in [-0.05, 0) is 96.9 Å². The molecule has 0 saturated carbocycles. The number of benzene rings is 2. The highest BCUT2D eigenvalue weighted by atomic mass is 127. The molecular formula is C25H23IN4O2S. The van der Waals surface area contributed by atoms with Gasteiger partial charge in [-0.1, -0.05) is 30.3 Å². The molecule has 6 nitrogen and oxygen atoms in total. The van der Waals surface area contributed by atoms with Gasteiger partial charge in [-0.3, -0.25) is 14.5 Å². The number of halogens is 1. The number of nitrogens with zero attached hydrogens (tertiary/aromatic N) is 3. The summed E-state index contributed by atoms with van der Waals surface area (Å²) >= 11 is 3.38. The number of aromatic nitrogens is 2. The van der Waals surface area contributed by atoms with E-state index in [9.17, 15) is 9.59 Å². The second-order valence-electron chi connectivity index (χ2n) is 7.82. The van der Waals surface area contributed by atoms with E-state index in [2.05, 4.69) is 37.9 Å². The van der Waals surface area contributed by atoms with Crippen LogP contribution in [0.3, 0.4) is 0 Å². The molecular weight excluding hydrogens is 547 g/mol. The Balaban J connectivity index is 1.66. The van der Waals surface area contributed by atoms with Gasteiger partial charge in [0.05, 0.1) is 0 Å². The molecule has 0 bridgehead atoms. The first kappa shape index (κ1) is 23.4. The van der Waals surface area contributed by atoms with E-state index in [1.807, 2.05) is 75.4 Å². The van der Waals surface area contributed by atoms with Crippen molar-refractivity contribution in [3.63, 3.8) is 0 Å². The standard InChI is InChI=1S/C25H23IN4O2S/c1-15-13-19(26)9-10-20(15)29-21-22(33-25-27-16(2)14-17(3)28-25)24(32)30(23(21)31)12-11-18-7-5-4-6-8-18/h4-10,13-14,29H,11-12H2,1-3H3. The number of nitrogens with one attached hydrogen (secondary N) is 1. The predicted molar refractivity (Wildman–Crippen MR) is 139 cm³/mol. The lowest BCUT2D eigenvalue weighted by Gasteiger charge is -2.15. The number of aryl methyl sites for hydroxylation is 3. The van der Waals surface area contributed by atoms with Crippen LogP contribution in [0, 0.1) is 24.3 Å². The molecule has 1 aliphatic heterocycles. The van der Waals surface area contributed by atoms with Crippen molar-refractivity contribution in [3.8, 4) is 0 Å². The SMILES string of the molecule is Cc1cc(C)nc(SC2=C(Nc3ccc(I)cc3C)C(=O)N(CCc3ccccc3)C2=O)n1. The molecule has 33 heavy (non-hydrogen) atoms. The Bertz CT molecular complexity index is 1240. The summed E-state index contributed by atoms with van der Waals surface area (Å²) in [6, 6.07) is 17.6. The number of rotatable bonds is 7. The number of hydrogen-bond acceptors (Lipinski definition) is 6. The van der Waals surface area contributed by atoms with Crippen LogP contribution in [0.2, 0.25) is 0 Å². The molecule has 0 unspecified atom stereocenters. The van der Waals surface area contributed by atoms with E-state index < -0.39 is 0 Å². The van der Waals surface area contributed by atoms with Gasteiger partial charge in [0.25, 0.3) is 11.8 Å². The molecule has 1 N–H and O–H groups in total. The summed E-state index contributed by atoms with van der Waals surface area (Å²) in [7, 11) is 0. The maximum Gasteiger partial charge on any atom is 0.278 e. The molecule has 0 spiro atoms. The van der Waals surface area contributed by atoms with Crippen molar-refractivity contribution in [2.24, 2.45) is 0 Å². The van der Waals surface area contributed by atoms with E-state index >= 15 is 0 Å². The molecule has 0 aliphatic carbocycles. The zero-order valence-corrected chi connectivity index (χ0v) is 21.5. The maximum absolute atomic E-state index is 13.4. The Morgan fingerprint density at radius 3 is 2.30 bits per heavy atom. The number of thioether (sulfide) groups is 1. The molecule has 1 aromatic heterocycles. The average molecular weight is 570 g/mol. The second-order valence-corrected chi connectivity index (χ2v) is 10.0. The highest BCUT2D eigenvalue weighted by Crippen LogP contribution is 2.35. The van der Waals surface area contributed by atoms with Gasteiger partial charge in [0, 0.05) is 27.2 Å². The lowest BCUT2D eigenvalue weighted by atomic mass is 10.1. The molecule has 0 radical (unpaired) electrons. The van der Waals surface area contributed by atoms with Gasteiger partial charge in [-0.15, -0.1) is 0 Å². The van der Waals surface area contributed by atoms with Crippen molar-refractivity contribution in [3.05, 3.63) is 91.3 Å². The van der Waals surface area contributed by atoms with Crippen molar-refractivity contribution in [1.29, 1.82) is 0 Å². The highest BCUT2D eigenvalue weighted by molar-refractivity contribution is 14.1. The normalized spacial score (nSPS) is 13.8. The number of anilines is 1. The summed E-state index contributed by atoms with van der Waals surface area (Å²) in [5, 5.41) is 3.68. The maximum atomic E-state index is 13.4. The molecule has 1 aliphatic rings. The third kappa shape index (κ3) is 5.44. The Hall–Kier alpha value is -2.72. The number of amides is 2. The van der Waals surface area contributed by atoms with Crippen LogP contribution in [0.25, 0.3) is 0 Å². The molecule has 0 atom stereocenters. The molecule has 8 heteroatoms. The fraction of sp³-hybridized carbons (Fsp3) is 0.200. The van der Waals surface area contributed by atoms with Crippen molar-refractivity contribution in [2.45, 2.75) is 32.3 Å². The minimum absolute atomic E-state index is 0.269. The molecule has 4 rings (SSSR count). The van der Waals surface area contributed by atoms with Gasteiger partial charge in [0.1, 0.15) is 10.6 Å². The van der Waals surface area contributed by atoms with Gasteiger partial charge < -0.3 is 5.32 Å². The molecule has 168 valence electrons. The van der Waals surface area contributed by atoms with Crippen molar-refractivity contribution in [1.82, 2.24) is 14.9 Å². The van der Waals surface area contributed by atoms with E-state index in [1.165, 1.54) is 4.90 Å². The van der Waals surface area contributed by atoms with Crippen LogP contribution in [0.15, 0.2) is 70.4 Å². The molecule has 2 aromatic carbocycles. The van der Waals surface area contributed by atoms with Crippen LogP contribution in [0.4, 0.5) is 5.69 Å². The monoisotopic (exact) mass is 570 g/mol. The zero-order valence-electron chi connectivity index (χ0n) is 18.6. The van der Waals surface area contributed by atoms with Crippen molar-refractivity contribution >= 4 is 51.9 Å². The fourth-order valence-corrected chi connectivity index (χ4v) is 5.23. The minimum atomic E-state index is -0.333. The van der Waals surface area contributed by atoms with Gasteiger partial charge in [0.15, 0.2) is 5.16 Å². The largest absolute Gasteiger partial charge is 0.350 e. The Morgan fingerprint density at radius 1 is 0.939 bits per heavy atom. The van der Waals surface area contributed by atoms with Crippen molar-refractivity contribution in [2.75, 3.05) is 11.9 Å². The topological polar surface area (TPSA) is 75.2 Å². The average Bonchev–Trinajstić information content (AvgIpc) is 2.98. The Labute approximate surface area is 211 Å². The van der Waals surface area contributed by atoms with Crippen LogP contribution >= 0.6 is 34.4 Å². The predicted octanol–water partition coefficient (Wildman–Crippen LogP) is 5.03. The van der Waals surface area contributed by atoms with Crippen LogP contribution in [-0.4, -0.2) is 33.2 Å². The van der Waals surface area contributed by atoms with E-state index in [0.29, 0.717) is 23.0 Å². The molecule has 2 amide bonds. The molecule has 0 saturated heterocycles. The second kappa shape index (κ2) is 10.0.